The van der Waals surface area contributed by atoms with Gasteiger partial charge in [-0.15, -0.1) is 0 Å². The second-order valence-corrected chi connectivity index (χ2v) is 2.82. The van der Waals surface area contributed by atoms with Crippen LogP contribution in [-0.4, -0.2) is 9.97 Å². The predicted molar refractivity (Wildman–Crippen MR) is 48.6 cm³/mol. The molecule has 0 N–H and O–H groups in total. The van der Waals surface area contributed by atoms with Gasteiger partial charge in [0.1, 0.15) is 0 Å². The molecule has 1 aromatic heterocycles. The summed E-state index contributed by atoms with van der Waals surface area (Å²) in [5.41, 5.74) is 0. The third-order valence-corrected chi connectivity index (χ3v) is 1.90. The molecule has 0 bridgehead atoms. The summed E-state index contributed by atoms with van der Waals surface area (Å²) in [4.78, 5) is 8.02. The van der Waals surface area contributed by atoms with E-state index in [1.54, 1.807) is 12.4 Å². The highest BCUT2D eigenvalue weighted by Gasteiger charge is 2.19. The summed E-state index contributed by atoms with van der Waals surface area (Å²) in [6.45, 7) is 0. The molecule has 0 amide bonds. The molecule has 4 heteroatoms. The molecule has 0 unspecified atom stereocenters. The molecule has 1 aromatic carbocycles. The van der Waals surface area contributed by atoms with Crippen LogP contribution in [0, 0.1) is 0 Å². The van der Waals surface area contributed by atoms with Crippen molar-refractivity contribution < 1.29 is 9.47 Å². The van der Waals surface area contributed by atoms with Crippen molar-refractivity contribution in [2.24, 2.45) is 0 Å². The van der Waals surface area contributed by atoms with Crippen molar-refractivity contribution in [1.82, 2.24) is 9.97 Å². The standard InChI is InChI=1S/C10H6N2O2/c1-2-4-8-7(3-1)13-9-10(14-8)12-6-5-11-9/h1-6H. The maximum atomic E-state index is 5.48. The molecule has 0 atom stereocenters. The molecule has 2 aromatic rings. The number of benzene rings is 1. The van der Waals surface area contributed by atoms with Crippen molar-refractivity contribution in [1.29, 1.82) is 0 Å². The van der Waals surface area contributed by atoms with Crippen LogP contribution < -0.4 is 9.47 Å². The summed E-state index contributed by atoms with van der Waals surface area (Å²) in [5, 5.41) is 0. The van der Waals surface area contributed by atoms with Gasteiger partial charge in [0.05, 0.1) is 0 Å². The highest BCUT2D eigenvalue weighted by Crippen LogP contribution is 2.41. The van der Waals surface area contributed by atoms with Gasteiger partial charge in [-0.1, -0.05) is 12.1 Å². The molecule has 14 heavy (non-hydrogen) atoms. The number of aromatic nitrogens is 2. The SMILES string of the molecule is c1ccc2c(c1)Oc1nccnc1O2. The van der Waals surface area contributed by atoms with Crippen LogP contribution in [0.4, 0.5) is 0 Å². The Labute approximate surface area is 80.1 Å². The summed E-state index contributed by atoms with van der Waals surface area (Å²) >= 11 is 0. The smallest absolute Gasteiger partial charge is 0.284 e. The summed E-state index contributed by atoms with van der Waals surface area (Å²) in [5.74, 6) is 2.15. The second kappa shape index (κ2) is 2.70. The maximum Gasteiger partial charge on any atom is 0.284 e. The highest BCUT2D eigenvalue weighted by atomic mass is 16.6. The second-order valence-electron chi connectivity index (χ2n) is 2.82. The predicted octanol–water partition coefficient (Wildman–Crippen LogP) is 2.37. The van der Waals surface area contributed by atoms with Gasteiger partial charge in [0.25, 0.3) is 11.8 Å². The molecule has 1 aliphatic rings. The monoisotopic (exact) mass is 186 g/mol. The van der Waals surface area contributed by atoms with Gasteiger partial charge >= 0.3 is 0 Å². The summed E-state index contributed by atoms with van der Waals surface area (Å²) in [6, 6.07) is 7.41. The van der Waals surface area contributed by atoms with Gasteiger partial charge in [-0.3, -0.25) is 0 Å². The lowest BCUT2D eigenvalue weighted by Crippen LogP contribution is -2.01. The number of para-hydroxylation sites is 2. The Bertz CT molecular complexity index is 398. The molecular weight excluding hydrogens is 180 g/mol. The van der Waals surface area contributed by atoms with Crippen LogP contribution in [0.15, 0.2) is 36.7 Å². The number of ether oxygens (including phenoxy) is 2. The zero-order valence-corrected chi connectivity index (χ0v) is 7.18. The molecule has 68 valence electrons. The topological polar surface area (TPSA) is 44.2 Å². The molecule has 0 radical (unpaired) electrons. The minimum absolute atomic E-state index is 0.409. The third kappa shape index (κ3) is 1.01. The van der Waals surface area contributed by atoms with E-state index in [9.17, 15) is 0 Å². The van der Waals surface area contributed by atoms with Gasteiger partial charge in [-0.05, 0) is 12.1 Å². The summed E-state index contributed by atoms with van der Waals surface area (Å²) in [6.07, 6.45) is 3.13. The average molecular weight is 186 g/mol. The van der Waals surface area contributed by atoms with Crippen molar-refractivity contribution in [3.63, 3.8) is 0 Å². The Morgan fingerprint density at radius 2 is 1.29 bits per heavy atom. The van der Waals surface area contributed by atoms with Crippen LogP contribution in [-0.2, 0) is 0 Å². The molecule has 0 aliphatic carbocycles. The van der Waals surface area contributed by atoms with Crippen LogP contribution in [0.1, 0.15) is 0 Å². The Kier molecular flexibility index (Phi) is 1.41. The van der Waals surface area contributed by atoms with Crippen LogP contribution in [0.25, 0.3) is 0 Å². The normalized spacial score (nSPS) is 12.0. The number of nitrogens with zero attached hydrogens (tertiary/aromatic N) is 2. The van der Waals surface area contributed by atoms with E-state index in [0.717, 1.165) is 0 Å². The third-order valence-electron chi connectivity index (χ3n) is 1.90. The Morgan fingerprint density at radius 1 is 0.786 bits per heavy atom. The first-order valence-corrected chi connectivity index (χ1v) is 4.19. The number of rotatable bonds is 0. The summed E-state index contributed by atoms with van der Waals surface area (Å²) in [7, 11) is 0. The van der Waals surface area contributed by atoms with E-state index in [1.807, 2.05) is 24.3 Å². The minimum Gasteiger partial charge on any atom is -0.431 e. The van der Waals surface area contributed by atoms with Crippen LogP contribution in [0.2, 0.25) is 0 Å². The van der Waals surface area contributed by atoms with E-state index in [4.69, 9.17) is 9.47 Å². The van der Waals surface area contributed by atoms with E-state index < -0.39 is 0 Å². The first kappa shape index (κ1) is 7.32. The summed E-state index contributed by atoms with van der Waals surface area (Å²) < 4.78 is 11.0. The molecule has 0 spiro atoms. The van der Waals surface area contributed by atoms with Crippen molar-refractivity contribution in [2.75, 3.05) is 0 Å². The quantitative estimate of drug-likeness (QED) is 0.540. The number of hydrogen-bond donors (Lipinski definition) is 0. The van der Waals surface area contributed by atoms with Crippen molar-refractivity contribution in [2.45, 2.75) is 0 Å². The first-order chi connectivity index (χ1) is 6.93. The van der Waals surface area contributed by atoms with Gasteiger partial charge in [0.15, 0.2) is 11.5 Å². The van der Waals surface area contributed by atoms with E-state index in [1.165, 1.54) is 0 Å². The fraction of sp³-hybridized carbons (Fsp3) is 0. The van der Waals surface area contributed by atoms with Gasteiger partial charge < -0.3 is 9.47 Å². The fourth-order valence-corrected chi connectivity index (χ4v) is 1.28. The Balaban J connectivity index is 2.12. The lowest BCUT2D eigenvalue weighted by atomic mass is 10.3. The molecule has 0 saturated heterocycles. The molecule has 1 aliphatic heterocycles. The van der Waals surface area contributed by atoms with Gasteiger partial charge in [-0.25, -0.2) is 9.97 Å². The molecule has 0 fully saturated rings. The zero-order valence-electron chi connectivity index (χ0n) is 7.18. The van der Waals surface area contributed by atoms with Gasteiger partial charge in [0, 0.05) is 12.4 Å². The maximum absolute atomic E-state index is 5.48. The lowest BCUT2D eigenvalue weighted by molar-refractivity contribution is 0.336. The van der Waals surface area contributed by atoms with Crippen molar-refractivity contribution >= 4 is 0 Å². The molecule has 4 nitrogen and oxygen atoms in total. The van der Waals surface area contributed by atoms with E-state index in [2.05, 4.69) is 9.97 Å². The van der Waals surface area contributed by atoms with Gasteiger partial charge in [0.2, 0.25) is 0 Å². The van der Waals surface area contributed by atoms with Crippen molar-refractivity contribution in [3.05, 3.63) is 36.7 Å². The van der Waals surface area contributed by atoms with E-state index in [-0.39, 0.29) is 0 Å². The van der Waals surface area contributed by atoms with E-state index >= 15 is 0 Å². The molecule has 0 saturated carbocycles. The van der Waals surface area contributed by atoms with Crippen LogP contribution >= 0.6 is 0 Å². The molecular formula is C10H6N2O2. The van der Waals surface area contributed by atoms with E-state index in [0.29, 0.717) is 23.3 Å². The Hall–Kier alpha value is -2.10. The van der Waals surface area contributed by atoms with Crippen LogP contribution in [0.3, 0.4) is 0 Å². The molecule has 3 rings (SSSR count). The largest absolute Gasteiger partial charge is 0.431 e. The Morgan fingerprint density at radius 3 is 1.79 bits per heavy atom. The fourth-order valence-electron chi connectivity index (χ4n) is 1.28. The highest BCUT2D eigenvalue weighted by molar-refractivity contribution is 5.48. The van der Waals surface area contributed by atoms with Crippen LogP contribution in [0.5, 0.6) is 23.3 Å². The molecule has 2 heterocycles. The van der Waals surface area contributed by atoms with Crippen molar-refractivity contribution in [3.8, 4) is 23.3 Å². The average Bonchev–Trinajstić information content (AvgIpc) is 2.26. The number of hydrogen-bond acceptors (Lipinski definition) is 4. The number of fused-ring (bicyclic) bond motifs is 2. The lowest BCUT2D eigenvalue weighted by Gasteiger charge is -2.17. The van der Waals surface area contributed by atoms with Gasteiger partial charge in [-0.2, -0.15) is 0 Å². The minimum atomic E-state index is 0.409. The first-order valence-electron chi connectivity index (χ1n) is 4.19. The zero-order chi connectivity index (χ0) is 9.38.